The van der Waals surface area contributed by atoms with Crippen LogP contribution in [0.5, 0.6) is 0 Å². The number of likely N-dealkylation sites (tertiary alicyclic amines) is 1. The summed E-state index contributed by atoms with van der Waals surface area (Å²) in [5.41, 5.74) is 2.01. The Bertz CT molecular complexity index is 334. The number of carbonyl (C=O) groups is 1. The zero-order chi connectivity index (χ0) is 14.9. The Labute approximate surface area is 110 Å². The Hall–Kier alpha value is -0.820. The standard InChI is InChI=1S/C12H21F3N2O2/c1-3-10(4-2,7-16)9(18)17-6-5-11(19,8-17)12(13,14)15/h19H,3-8,16H2,1-2H3. The average molecular weight is 282 g/mol. The molecule has 0 aromatic heterocycles. The predicted octanol–water partition coefficient (Wildman–Crippen LogP) is 1.28. The maximum Gasteiger partial charge on any atom is 0.419 e. The van der Waals surface area contributed by atoms with E-state index in [1.165, 1.54) is 0 Å². The van der Waals surface area contributed by atoms with Crippen LogP contribution in [0.15, 0.2) is 0 Å². The largest absolute Gasteiger partial charge is 0.419 e. The first-order valence-electron chi connectivity index (χ1n) is 6.44. The summed E-state index contributed by atoms with van der Waals surface area (Å²) in [5.74, 6) is -0.389. The van der Waals surface area contributed by atoms with Crippen molar-refractivity contribution >= 4 is 5.91 Å². The molecule has 1 rings (SSSR count). The Morgan fingerprint density at radius 1 is 1.37 bits per heavy atom. The first-order valence-corrected chi connectivity index (χ1v) is 6.44. The second-order valence-corrected chi connectivity index (χ2v) is 5.20. The van der Waals surface area contributed by atoms with Gasteiger partial charge in [-0.1, -0.05) is 13.8 Å². The van der Waals surface area contributed by atoms with E-state index in [1.807, 2.05) is 0 Å². The zero-order valence-corrected chi connectivity index (χ0v) is 11.3. The monoisotopic (exact) mass is 282 g/mol. The summed E-state index contributed by atoms with van der Waals surface area (Å²) in [5, 5.41) is 9.58. The van der Waals surface area contributed by atoms with E-state index >= 15 is 0 Å². The second kappa shape index (κ2) is 5.28. The molecule has 4 nitrogen and oxygen atoms in total. The Kier molecular flexibility index (Phi) is 4.51. The molecule has 1 aliphatic rings. The number of β-amino-alcohol motifs (C(OH)–C–C–N with tert-alkyl or cyclic N) is 1. The fraction of sp³-hybridized carbons (Fsp3) is 0.917. The molecule has 0 spiro atoms. The number of hydrogen-bond donors (Lipinski definition) is 2. The molecular formula is C12H21F3N2O2. The van der Waals surface area contributed by atoms with E-state index in [0.717, 1.165) is 4.90 Å². The zero-order valence-electron chi connectivity index (χ0n) is 11.3. The van der Waals surface area contributed by atoms with Crippen LogP contribution < -0.4 is 5.73 Å². The molecule has 0 aromatic rings. The van der Waals surface area contributed by atoms with Gasteiger partial charge in [0, 0.05) is 19.5 Å². The van der Waals surface area contributed by atoms with Crippen LogP contribution in [-0.2, 0) is 4.79 Å². The van der Waals surface area contributed by atoms with Gasteiger partial charge >= 0.3 is 6.18 Å². The highest BCUT2D eigenvalue weighted by atomic mass is 19.4. The van der Waals surface area contributed by atoms with Crippen molar-refractivity contribution in [1.29, 1.82) is 0 Å². The van der Waals surface area contributed by atoms with Crippen LogP contribution in [0.25, 0.3) is 0 Å². The summed E-state index contributed by atoms with van der Waals surface area (Å²) in [4.78, 5) is 13.4. The van der Waals surface area contributed by atoms with Crippen molar-refractivity contribution < 1.29 is 23.1 Å². The number of carbonyl (C=O) groups excluding carboxylic acids is 1. The molecule has 112 valence electrons. The lowest BCUT2D eigenvalue weighted by Gasteiger charge is -2.34. The van der Waals surface area contributed by atoms with Crippen LogP contribution in [0.2, 0.25) is 0 Å². The van der Waals surface area contributed by atoms with Crippen LogP contribution in [0.3, 0.4) is 0 Å². The van der Waals surface area contributed by atoms with Gasteiger partial charge in [-0.25, -0.2) is 0 Å². The normalized spacial score (nSPS) is 24.9. The number of amides is 1. The maximum absolute atomic E-state index is 12.7. The molecule has 0 aliphatic carbocycles. The fourth-order valence-corrected chi connectivity index (χ4v) is 2.46. The van der Waals surface area contributed by atoms with E-state index < -0.39 is 30.2 Å². The molecule has 1 saturated heterocycles. The van der Waals surface area contributed by atoms with Crippen molar-refractivity contribution in [3.8, 4) is 0 Å². The van der Waals surface area contributed by atoms with Gasteiger partial charge < -0.3 is 15.7 Å². The van der Waals surface area contributed by atoms with E-state index in [0.29, 0.717) is 12.8 Å². The Balaban J connectivity index is 2.88. The molecule has 1 unspecified atom stereocenters. The molecule has 1 aliphatic heterocycles. The second-order valence-electron chi connectivity index (χ2n) is 5.20. The first kappa shape index (κ1) is 16.2. The minimum atomic E-state index is -4.72. The number of alkyl halides is 3. The molecular weight excluding hydrogens is 261 g/mol. The molecule has 0 radical (unpaired) electrons. The van der Waals surface area contributed by atoms with Gasteiger partial charge in [0.2, 0.25) is 5.91 Å². The van der Waals surface area contributed by atoms with Crippen LogP contribution in [0.4, 0.5) is 13.2 Å². The van der Waals surface area contributed by atoms with Gasteiger partial charge in [-0.3, -0.25) is 4.79 Å². The molecule has 7 heteroatoms. The van der Waals surface area contributed by atoms with Crippen molar-refractivity contribution in [1.82, 2.24) is 4.90 Å². The van der Waals surface area contributed by atoms with E-state index in [1.54, 1.807) is 13.8 Å². The third-order valence-electron chi connectivity index (χ3n) is 4.26. The first-order chi connectivity index (χ1) is 8.65. The molecule has 19 heavy (non-hydrogen) atoms. The van der Waals surface area contributed by atoms with Gasteiger partial charge in [0.05, 0.1) is 12.0 Å². The Morgan fingerprint density at radius 3 is 2.21 bits per heavy atom. The SMILES string of the molecule is CCC(CC)(CN)C(=O)N1CCC(O)(C(F)(F)F)C1. The van der Waals surface area contributed by atoms with Gasteiger partial charge in [0.1, 0.15) is 0 Å². The van der Waals surface area contributed by atoms with Crippen molar-refractivity contribution in [2.75, 3.05) is 19.6 Å². The number of rotatable bonds is 4. The topological polar surface area (TPSA) is 66.6 Å². The maximum atomic E-state index is 12.7. The Morgan fingerprint density at radius 2 is 1.89 bits per heavy atom. The lowest BCUT2D eigenvalue weighted by Crippen LogP contribution is -2.51. The summed E-state index contributed by atoms with van der Waals surface area (Å²) in [6.07, 6.45) is -4.25. The minimum absolute atomic E-state index is 0.0867. The molecule has 3 N–H and O–H groups in total. The van der Waals surface area contributed by atoms with Crippen LogP contribution in [0, 0.1) is 5.41 Å². The average Bonchev–Trinajstić information content (AvgIpc) is 2.75. The smallest absolute Gasteiger partial charge is 0.379 e. The van der Waals surface area contributed by atoms with E-state index in [9.17, 15) is 23.1 Å². The van der Waals surface area contributed by atoms with Gasteiger partial charge in [0.25, 0.3) is 0 Å². The third kappa shape index (κ3) is 2.72. The molecule has 1 amide bonds. The fourth-order valence-electron chi connectivity index (χ4n) is 2.46. The molecule has 0 aromatic carbocycles. The molecule has 1 atom stereocenters. The minimum Gasteiger partial charge on any atom is -0.379 e. The van der Waals surface area contributed by atoms with Gasteiger partial charge in [-0.05, 0) is 12.8 Å². The number of hydrogen-bond acceptors (Lipinski definition) is 3. The molecule has 0 bridgehead atoms. The van der Waals surface area contributed by atoms with E-state index in [4.69, 9.17) is 5.73 Å². The number of nitrogens with two attached hydrogens (primary N) is 1. The van der Waals surface area contributed by atoms with Gasteiger partial charge in [-0.2, -0.15) is 13.2 Å². The van der Waals surface area contributed by atoms with Crippen molar-refractivity contribution in [3.05, 3.63) is 0 Å². The predicted molar refractivity (Wildman–Crippen MR) is 64.3 cm³/mol. The summed E-state index contributed by atoms with van der Waals surface area (Å²) in [6, 6.07) is 0. The number of halogens is 3. The summed E-state index contributed by atoms with van der Waals surface area (Å²) >= 11 is 0. The van der Waals surface area contributed by atoms with E-state index in [-0.39, 0.29) is 19.0 Å². The summed E-state index contributed by atoms with van der Waals surface area (Å²) in [6.45, 7) is 2.90. The molecule has 1 fully saturated rings. The lowest BCUT2D eigenvalue weighted by atomic mass is 9.81. The summed E-state index contributed by atoms with van der Waals surface area (Å²) < 4.78 is 38.1. The van der Waals surface area contributed by atoms with Crippen molar-refractivity contribution in [2.24, 2.45) is 11.1 Å². The third-order valence-corrected chi connectivity index (χ3v) is 4.26. The summed E-state index contributed by atoms with van der Waals surface area (Å²) in [7, 11) is 0. The van der Waals surface area contributed by atoms with Crippen molar-refractivity contribution in [3.63, 3.8) is 0 Å². The van der Waals surface area contributed by atoms with Crippen LogP contribution >= 0.6 is 0 Å². The lowest BCUT2D eigenvalue weighted by molar-refractivity contribution is -0.253. The molecule has 0 saturated carbocycles. The molecule has 1 heterocycles. The highest BCUT2D eigenvalue weighted by molar-refractivity contribution is 5.83. The number of aliphatic hydroxyl groups is 1. The van der Waals surface area contributed by atoms with Crippen LogP contribution in [-0.4, -0.2) is 47.3 Å². The van der Waals surface area contributed by atoms with Crippen LogP contribution in [0.1, 0.15) is 33.1 Å². The highest BCUT2D eigenvalue weighted by Crippen LogP contribution is 2.39. The van der Waals surface area contributed by atoms with Gasteiger partial charge in [0.15, 0.2) is 5.60 Å². The quantitative estimate of drug-likeness (QED) is 0.816. The van der Waals surface area contributed by atoms with Crippen molar-refractivity contribution in [2.45, 2.75) is 44.9 Å². The highest BCUT2D eigenvalue weighted by Gasteiger charge is 2.58. The number of nitrogens with zero attached hydrogens (tertiary/aromatic N) is 1. The van der Waals surface area contributed by atoms with E-state index in [2.05, 4.69) is 0 Å². The van der Waals surface area contributed by atoms with Gasteiger partial charge in [-0.15, -0.1) is 0 Å².